The molecule has 1 aliphatic heterocycles. The molecule has 2 rings (SSSR count). The highest BCUT2D eigenvalue weighted by Gasteiger charge is 2.42. The number of aryl methyl sites for hydroxylation is 1. The molecule has 0 saturated carbocycles. The van der Waals surface area contributed by atoms with Crippen LogP contribution in [0.2, 0.25) is 0 Å². The number of carbonyl (C=O) groups excluding carboxylic acids is 2. The number of thiazole rings is 1. The molecule has 1 unspecified atom stereocenters. The summed E-state index contributed by atoms with van der Waals surface area (Å²) in [5, 5.41) is 24.4. The van der Waals surface area contributed by atoms with Crippen LogP contribution in [0, 0.1) is 24.2 Å². The molecule has 0 aromatic carbocycles. The van der Waals surface area contributed by atoms with Crippen molar-refractivity contribution in [2.75, 3.05) is 0 Å². The van der Waals surface area contributed by atoms with Gasteiger partial charge in [-0.15, -0.1) is 11.3 Å². The SMILES string of the molecule is CC1=CCC(C=Cc2csc(C)n2)OC(=O)C[C@H](O)C(C)(C)C(=O)[C@H](C)[C@@H](O)[C@@H](C)CCC1. The number of Topliss-reactive ketones (excluding diaryl/α,β-unsaturated/α-hetero) is 1. The van der Waals surface area contributed by atoms with Gasteiger partial charge in [0, 0.05) is 17.7 Å². The Morgan fingerprint density at radius 2 is 1.91 bits per heavy atom. The number of hydrogen-bond acceptors (Lipinski definition) is 7. The van der Waals surface area contributed by atoms with Crippen molar-refractivity contribution in [2.24, 2.45) is 17.3 Å². The molecule has 184 valence electrons. The molecule has 2 N–H and O–H groups in total. The summed E-state index contributed by atoms with van der Waals surface area (Å²) in [6.07, 6.45) is 6.04. The zero-order valence-electron chi connectivity index (χ0n) is 20.7. The molecule has 0 bridgehead atoms. The first kappa shape index (κ1) is 27.4. The summed E-state index contributed by atoms with van der Waals surface area (Å²) in [4.78, 5) is 30.2. The summed E-state index contributed by atoms with van der Waals surface area (Å²) in [6.45, 7) is 10.9. The quantitative estimate of drug-likeness (QED) is 0.466. The smallest absolute Gasteiger partial charge is 0.309 e. The maximum absolute atomic E-state index is 13.1. The predicted molar refractivity (Wildman–Crippen MR) is 132 cm³/mol. The molecule has 1 aromatic rings. The van der Waals surface area contributed by atoms with E-state index in [4.69, 9.17) is 4.74 Å². The Balaban J connectivity index is 2.27. The average Bonchev–Trinajstić information content (AvgIpc) is 3.18. The van der Waals surface area contributed by atoms with Crippen molar-refractivity contribution in [3.63, 3.8) is 0 Å². The van der Waals surface area contributed by atoms with Gasteiger partial charge in [-0.1, -0.05) is 39.3 Å². The first-order chi connectivity index (χ1) is 15.4. The zero-order chi connectivity index (χ0) is 24.8. The molecule has 0 radical (unpaired) electrons. The van der Waals surface area contributed by atoms with E-state index in [1.54, 1.807) is 32.1 Å². The average molecular weight is 478 g/mol. The van der Waals surface area contributed by atoms with Crippen molar-refractivity contribution >= 4 is 29.2 Å². The monoisotopic (exact) mass is 477 g/mol. The second-order valence-corrected chi connectivity index (χ2v) is 11.0. The Morgan fingerprint density at radius 3 is 2.55 bits per heavy atom. The minimum absolute atomic E-state index is 0.0418. The number of ketones is 1. The molecule has 0 amide bonds. The van der Waals surface area contributed by atoms with E-state index in [2.05, 4.69) is 18.0 Å². The number of nitrogens with zero attached hydrogens (tertiary/aromatic N) is 1. The number of ether oxygens (including phenoxy) is 1. The first-order valence-corrected chi connectivity index (χ1v) is 12.7. The van der Waals surface area contributed by atoms with E-state index in [0.29, 0.717) is 6.42 Å². The van der Waals surface area contributed by atoms with Gasteiger partial charge in [0.05, 0.1) is 34.7 Å². The van der Waals surface area contributed by atoms with Crippen molar-refractivity contribution in [3.05, 3.63) is 33.8 Å². The number of esters is 1. The fraction of sp³-hybridized carbons (Fsp3) is 0.654. The Morgan fingerprint density at radius 1 is 1.21 bits per heavy atom. The lowest BCUT2D eigenvalue weighted by molar-refractivity contribution is -0.153. The highest BCUT2D eigenvalue weighted by Crippen LogP contribution is 2.32. The van der Waals surface area contributed by atoms with Crippen molar-refractivity contribution in [2.45, 2.75) is 92.0 Å². The van der Waals surface area contributed by atoms with Crippen LogP contribution in [-0.4, -0.2) is 45.3 Å². The van der Waals surface area contributed by atoms with Gasteiger partial charge in [0.25, 0.3) is 0 Å². The number of carbonyl (C=O) groups is 2. The third-order valence-corrected chi connectivity index (χ3v) is 7.46. The van der Waals surface area contributed by atoms with E-state index >= 15 is 0 Å². The number of allylic oxidation sites excluding steroid dienone is 1. The van der Waals surface area contributed by atoms with E-state index in [1.165, 1.54) is 5.57 Å². The number of aromatic nitrogens is 1. The largest absolute Gasteiger partial charge is 0.458 e. The lowest BCUT2D eigenvalue weighted by Crippen LogP contribution is -2.45. The van der Waals surface area contributed by atoms with Crippen LogP contribution < -0.4 is 0 Å². The summed E-state index contributed by atoms with van der Waals surface area (Å²) in [5.74, 6) is -1.49. The molecule has 0 aliphatic carbocycles. The molecule has 33 heavy (non-hydrogen) atoms. The second kappa shape index (κ2) is 12.0. The molecule has 2 heterocycles. The lowest BCUT2D eigenvalue weighted by Gasteiger charge is -2.34. The van der Waals surface area contributed by atoms with Gasteiger partial charge in [-0.3, -0.25) is 9.59 Å². The van der Waals surface area contributed by atoms with Crippen molar-refractivity contribution < 1.29 is 24.5 Å². The van der Waals surface area contributed by atoms with Gasteiger partial charge in [0.2, 0.25) is 0 Å². The van der Waals surface area contributed by atoms with Gasteiger partial charge < -0.3 is 14.9 Å². The first-order valence-electron chi connectivity index (χ1n) is 11.8. The molecule has 0 fully saturated rings. The third kappa shape index (κ3) is 7.87. The van der Waals surface area contributed by atoms with Crippen LogP contribution in [0.1, 0.15) is 77.4 Å². The summed E-state index contributed by atoms with van der Waals surface area (Å²) in [6, 6.07) is 0. The summed E-state index contributed by atoms with van der Waals surface area (Å²) >= 11 is 1.55. The van der Waals surface area contributed by atoms with E-state index < -0.39 is 35.6 Å². The van der Waals surface area contributed by atoms with E-state index in [1.807, 2.05) is 31.4 Å². The van der Waals surface area contributed by atoms with Crippen LogP contribution in [0.5, 0.6) is 0 Å². The van der Waals surface area contributed by atoms with Gasteiger partial charge in [-0.05, 0) is 51.2 Å². The topological polar surface area (TPSA) is 96.7 Å². The predicted octanol–water partition coefficient (Wildman–Crippen LogP) is 4.88. The van der Waals surface area contributed by atoms with Crippen LogP contribution in [0.4, 0.5) is 0 Å². The van der Waals surface area contributed by atoms with Crippen LogP contribution in [0.25, 0.3) is 6.08 Å². The Labute approximate surface area is 201 Å². The van der Waals surface area contributed by atoms with E-state index in [0.717, 1.165) is 30.0 Å². The normalized spacial score (nSPS) is 30.8. The molecule has 1 aromatic heterocycles. The van der Waals surface area contributed by atoms with Crippen molar-refractivity contribution in [1.82, 2.24) is 4.98 Å². The van der Waals surface area contributed by atoms with Gasteiger partial charge in [0.15, 0.2) is 0 Å². The molecular formula is C26H39NO5S. The highest BCUT2D eigenvalue weighted by atomic mass is 32.1. The van der Waals surface area contributed by atoms with Crippen LogP contribution in [-0.2, 0) is 14.3 Å². The van der Waals surface area contributed by atoms with Gasteiger partial charge in [-0.25, -0.2) is 4.98 Å². The maximum Gasteiger partial charge on any atom is 0.309 e. The molecule has 6 nitrogen and oxygen atoms in total. The van der Waals surface area contributed by atoms with Gasteiger partial charge in [0.1, 0.15) is 11.9 Å². The maximum atomic E-state index is 13.1. The molecule has 1 aliphatic rings. The fourth-order valence-electron chi connectivity index (χ4n) is 4.15. The third-order valence-electron chi connectivity index (χ3n) is 6.67. The lowest BCUT2D eigenvalue weighted by atomic mass is 9.73. The fourth-order valence-corrected chi connectivity index (χ4v) is 4.73. The molecule has 5 atom stereocenters. The number of rotatable bonds is 2. The zero-order valence-corrected chi connectivity index (χ0v) is 21.5. The molecule has 0 spiro atoms. The number of aliphatic hydroxyl groups excluding tert-OH is 2. The number of aliphatic hydroxyl groups is 2. The second-order valence-electron chi connectivity index (χ2n) is 9.92. The van der Waals surface area contributed by atoms with Gasteiger partial charge in [-0.2, -0.15) is 0 Å². The van der Waals surface area contributed by atoms with Crippen molar-refractivity contribution in [3.8, 4) is 0 Å². The Bertz CT molecular complexity index is 872. The van der Waals surface area contributed by atoms with E-state index in [-0.39, 0.29) is 18.1 Å². The summed E-state index contributed by atoms with van der Waals surface area (Å²) in [7, 11) is 0. The van der Waals surface area contributed by atoms with Gasteiger partial charge >= 0.3 is 5.97 Å². The summed E-state index contributed by atoms with van der Waals surface area (Å²) < 4.78 is 5.68. The minimum Gasteiger partial charge on any atom is -0.458 e. The number of cyclic esters (lactones) is 1. The highest BCUT2D eigenvalue weighted by molar-refractivity contribution is 7.09. The van der Waals surface area contributed by atoms with E-state index in [9.17, 15) is 19.8 Å². The molecule has 7 heteroatoms. The number of hydrogen-bond donors (Lipinski definition) is 2. The Kier molecular flexibility index (Phi) is 10.0. The van der Waals surface area contributed by atoms with Crippen LogP contribution in [0.3, 0.4) is 0 Å². The van der Waals surface area contributed by atoms with Crippen molar-refractivity contribution in [1.29, 1.82) is 0 Å². The standard InChI is InChI=1S/C26H39NO5S/c1-16-8-7-9-17(2)24(30)18(3)25(31)26(5,6)22(28)14-23(29)32-21(12-10-16)13-11-20-15-33-19(4)27-20/h10-11,13,15,17-18,21-22,24,28,30H,7-9,12,14H2,1-6H3/t17-,18+,21?,22-,24-/m0/s1. The van der Waals surface area contributed by atoms with Crippen LogP contribution >= 0.6 is 11.3 Å². The molecular weight excluding hydrogens is 438 g/mol. The van der Waals surface area contributed by atoms with Crippen LogP contribution in [0.15, 0.2) is 23.1 Å². The minimum atomic E-state index is -1.21. The summed E-state index contributed by atoms with van der Waals surface area (Å²) in [5.41, 5.74) is 0.818. The molecule has 0 saturated heterocycles. The Hall–Kier alpha value is -1.83.